The van der Waals surface area contributed by atoms with Crippen molar-refractivity contribution < 1.29 is 13.2 Å². The number of anilines is 1. The fourth-order valence-electron chi connectivity index (χ4n) is 2.55. The summed E-state index contributed by atoms with van der Waals surface area (Å²) in [6.07, 6.45) is 0. The number of carbonyl (C=O) groups is 1. The predicted octanol–water partition coefficient (Wildman–Crippen LogP) is 4.19. The van der Waals surface area contributed by atoms with Gasteiger partial charge in [-0.15, -0.1) is 0 Å². The first-order chi connectivity index (χ1) is 12.5. The Labute approximate surface area is 162 Å². The molecule has 0 aliphatic heterocycles. The quantitative estimate of drug-likeness (QED) is 0.779. The van der Waals surface area contributed by atoms with Gasteiger partial charge in [0.2, 0.25) is 0 Å². The first-order valence-corrected chi connectivity index (χ1v) is 10.5. The molecule has 0 bridgehead atoms. The van der Waals surface area contributed by atoms with E-state index < -0.39 is 10.0 Å². The molecule has 0 aliphatic rings. The zero-order valence-corrected chi connectivity index (χ0v) is 17.6. The highest BCUT2D eigenvalue weighted by atomic mass is 32.2. The van der Waals surface area contributed by atoms with Crippen LogP contribution >= 0.6 is 0 Å². The van der Waals surface area contributed by atoms with Gasteiger partial charge in [0.1, 0.15) is 0 Å². The van der Waals surface area contributed by atoms with E-state index in [9.17, 15) is 13.2 Å². The summed E-state index contributed by atoms with van der Waals surface area (Å²) in [6, 6.07) is 10.2. The molecular formula is C21H28N2O3S. The summed E-state index contributed by atoms with van der Waals surface area (Å²) in [7, 11) is -3.81. The van der Waals surface area contributed by atoms with Gasteiger partial charge < -0.3 is 5.32 Å². The third kappa shape index (κ3) is 4.89. The molecule has 0 heterocycles. The van der Waals surface area contributed by atoms with E-state index in [1.54, 1.807) is 25.1 Å². The molecule has 0 spiro atoms. The zero-order chi connectivity index (χ0) is 20.4. The molecule has 0 unspecified atom stereocenters. The van der Waals surface area contributed by atoms with Crippen molar-refractivity contribution in [1.82, 2.24) is 5.32 Å². The lowest BCUT2D eigenvalue weighted by Gasteiger charge is -2.18. The molecule has 0 radical (unpaired) electrons. The number of sulfonamides is 1. The number of nitrogens with one attached hydrogen (secondary N) is 2. The Balaban J connectivity index is 2.36. The normalized spacial score (nSPS) is 12.7. The number of hydrogen-bond donors (Lipinski definition) is 2. The van der Waals surface area contributed by atoms with Crippen molar-refractivity contribution in [3.05, 3.63) is 58.7 Å². The van der Waals surface area contributed by atoms with Crippen molar-refractivity contribution in [3.8, 4) is 0 Å². The largest absolute Gasteiger partial charge is 0.349 e. The summed E-state index contributed by atoms with van der Waals surface area (Å²) >= 11 is 0. The van der Waals surface area contributed by atoms with Crippen molar-refractivity contribution in [2.24, 2.45) is 5.92 Å². The van der Waals surface area contributed by atoms with Crippen molar-refractivity contribution in [2.45, 2.75) is 52.5 Å². The molecule has 146 valence electrons. The first-order valence-electron chi connectivity index (χ1n) is 9.03. The van der Waals surface area contributed by atoms with Gasteiger partial charge >= 0.3 is 0 Å². The van der Waals surface area contributed by atoms with E-state index in [0.717, 1.165) is 11.1 Å². The molecule has 6 heteroatoms. The Morgan fingerprint density at radius 1 is 0.963 bits per heavy atom. The zero-order valence-electron chi connectivity index (χ0n) is 16.8. The monoisotopic (exact) mass is 388 g/mol. The summed E-state index contributed by atoms with van der Waals surface area (Å²) in [5.74, 6) is 0.00736. The number of rotatable bonds is 6. The predicted molar refractivity (Wildman–Crippen MR) is 110 cm³/mol. The smallest absolute Gasteiger partial charge is 0.262 e. The molecule has 1 atom stereocenters. The highest BCUT2D eigenvalue weighted by Gasteiger charge is 2.21. The average molecular weight is 389 g/mol. The number of amides is 1. The Bertz CT molecular complexity index is 950. The van der Waals surface area contributed by atoms with E-state index in [1.165, 1.54) is 6.07 Å². The Kier molecular flexibility index (Phi) is 6.31. The summed E-state index contributed by atoms with van der Waals surface area (Å²) in [4.78, 5) is 12.6. The van der Waals surface area contributed by atoms with Crippen LogP contribution in [0, 0.1) is 26.7 Å². The Morgan fingerprint density at radius 2 is 1.63 bits per heavy atom. The van der Waals surface area contributed by atoms with Crippen LogP contribution in [0.5, 0.6) is 0 Å². The molecular weight excluding hydrogens is 360 g/mol. The molecule has 2 N–H and O–H groups in total. The van der Waals surface area contributed by atoms with E-state index in [1.807, 2.05) is 46.8 Å². The SMILES string of the molecule is Cc1ccc(C(=O)N[C@@H](C)C(C)C)cc1S(=O)(=O)Nc1cccc(C)c1C. The maximum absolute atomic E-state index is 12.9. The van der Waals surface area contributed by atoms with Crippen LogP contribution < -0.4 is 10.0 Å². The van der Waals surface area contributed by atoms with Gasteiger partial charge in [0.05, 0.1) is 10.6 Å². The maximum atomic E-state index is 12.9. The molecule has 2 rings (SSSR count). The number of carbonyl (C=O) groups excluding carboxylic acids is 1. The summed E-state index contributed by atoms with van der Waals surface area (Å²) in [5, 5.41) is 2.91. The minimum absolute atomic E-state index is 0.00747. The summed E-state index contributed by atoms with van der Waals surface area (Å²) in [6.45, 7) is 11.5. The van der Waals surface area contributed by atoms with Crippen LogP contribution in [0.1, 0.15) is 47.8 Å². The van der Waals surface area contributed by atoms with Crippen molar-refractivity contribution in [1.29, 1.82) is 0 Å². The van der Waals surface area contributed by atoms with E-state index in [-0.39, 0.29) is 22.8 Å². The van der Waals surface area contributed by atoms with Crippen LogP contribution in [0.25, 0.3) is 0 Å². The fourth-order valence-corrected chi connectivity index (χ4v) is 3.94. The van der Waals surface area contributed by atoms with Gasteiger partial charge in [-0.05, 0) is 68.5 Å². The molecule has 2 aromatic rings. The van der Waals surface area contributed by atoms with Crippen LogP contribution in [0.15, 0.2) is 41.3 Å². The first kappa shape index (κ1) is 21.0. The van der Waals surface area contributed by atoms with E-state index in [2.05, 4.69) is 10.0 Å². The molecule has 0 fully saturated rings. The van der Waals surface area contributed by atoms with Gasteiger partial charge in [0.25, 0.3) is 15.9 Å². The second kappa shape index (κ2) is 8.13. The third-order valence-electron chi connectivity index (χ3n) is 4.95. The molecule has 0 aliphatic carbocycles. The number of benzene rings is 2. The second-order valence-corrected chi connectivity index (χ2v) is 8.99. The lowest BCUT2D eigenvalue weighted by atomic mass is 10.1. The second-order valence-electron chi connectivity index (χ2n) is 7.34. The van der Waals surface area contributed by atoms with E-state index >= 15 is 0 Å². The average Bonchev–Trinajstić information content (AvgIpc) is 2.58. The van der Waals surface area contributed by atoms with Crippen molar-refractivity contribution >= 4 is 21.6 Å². The van der Waals surface area contributed by atoms with Gasteiger partial charge in [0, 0.05) is 11.6 Å². The molecule has 0 aromatic heterocycles. The number of aryl methyl sites for hydroxylation is 2. The molecule has 5 nitrogen and oxygen atoms in total. The molecule has 2 aromatic carbocycles. The fraction of sp³-hybridized carbons (Fsp3) is 0.381. The van der Waals surface area contributed by atoms with Crippen LogP contribution in [0.2, 0.25) is 0 Å². The van der Waals surface area contributed by atoms with Crippen LogP contribution in [-0.2, 0) is 10.0 Å². The Hall–Kier alpha value is -2.34. The third-order valence-corrected chi connectivity index (χ3v) is 6.46. The highest BCUT2D eigenvalue weighted by Crippen LogP contribution is 2.24. The topological polar surface area (TPSA) is 75.3 Å². The van der Waals surface area contributed by atoms with E-state index in [0.29, 0.717) is 16.8 Å². The van der Waals surface area contributed by atoms with Gasteiger partial charge in [0.15, 0.2) is 0 Å². The van der Waals surface area contributed by atoms with Crippen LogP contribution in [0.4, 0.5) is 5.69 Å². The standard InChI is InChI=1S/C21H28N2O3S/c1-13(2)17(6)22-21(24)18-11-10-15(4)20(12-18)27(25,26)23-19-9-7-8-14(3)16(19)5/h7-13,17,23H,1-6H3,(H,22,24)/t17-/m0/s1. The lowest BCUT2D eigenvalue weighted by Crippen LogP contribution is -2.36. The number of hydrogen-bond acceptors (Lipinski definition) is 3. The van der Waals surface area contributed by atoms with Gasteiger partial charge in [-0.3, -0.25) is 9.52 Å². The molecule has 0 saturated heterocycles. The Morgan fingerprint density at radius 3 is 2.26 bits per heavy atom. The van der Waals surface area contributed by atoms with Crippen molar-refractivity contribution in [2.75, 3.05) is 4.72 Å². The molecule has 0 saturated carbocycles. The van der Waals surface area contributed by atoms with Crippen LogP contribution in [-0.4, -0.2) is 20.4 Å². The van der Waals surface area contributed by atoms with Gasteiger partial charge in [-0.25, -0.2) is 8.42 Å². The lowest BCUT2D eigenvalue weighted by molar-refractivity contribution is 0.0930. The minimum atomic E-state index is -3.81. The molecule has 1 amide bonds. The molecule has 27 heavy (non-hydrogen) atoms. The minimum Gasteiger partial charge on any atom is -0.349 e. The van der Waals surface area contributed by atoms with Crippen LogP contribution in [0.3, 0.4) is 0 Å². The highest BCUT2D eigenvalue weighted by molar-refractivity contribution is 7.92. The van der Waals surface area contributed by atoms with Gasteiger partial charge in [-0.2, -0.15) is 0 Å². The van der Waals surface area contributed by atoms with Crippen molar-refractivity contribution in [3.63, 3.8) is 0 Å². The summed E-state index contributed by atoms with van der Waals surface area (Å²) in [5.41, 5.74) is 3.33. The van der Waals surface area contributed by atoms with E-state index in [4.69, 9.17) is 0 Å². The van der Waals surface area contributed by atoms with Gasteiger partial charge in [-0.1, -0.05) is 32.0 Å². The maximum Gasteiger partial charge on any atom is 0.262 e. The summed E-state index contributed by atoms with van der Waals surface area (Å²) < 4.78 is 28.5.